The number of hydrogen-bond donors (Lipinski definition) is 2. The average molecular weight is 388 g/mol. The molecule has 3 heterocycles. The van der Waals surface area contributed by atoms with Crippen molar-refractivity contribution in [2.45, 2.75) is 4.93 Å². The van der Waals surface area contributed by atoms with E-state index in [1.54, 1.807) is 18.6 Å². The summed E-state index contributed by atoms with van der Waals surface area (Å²) in [5, 5.41) is 6.09. The van der Waals surface area contributed by atoms with Crippen molar-refractivity contribution in [2.75, 3.05) is 37.8 Å². The molecule has 1 aromatic carbocycles. The first-order chi connectivity index (χ1) is 13.0. The van der Waals surface area contributed by atoms with E-state index in [1.807, 2.05) is 28.8 Å². The van der Waals surface area contributed by atoms with Crippen molar-refractivity contribution < 1.29 is 13.2 Å². The number of imidazole rings is 1. The molecule has 2 N–H and O–H groups in total. The van der Waals surface area contributed by atoms with E-state index in [2.05, 4.69) is 25.6 Å². The van der Waals surface area contributed by atoms with Crippen molar-refractivity contribution in [1.82, 2.24) is 24.8 Å². The largest absolute Gasteiger partial charge is 0.355 e. The number of aromatic nitrogens is 4. The van der Waals surface area contributed by atoms with Crippen LogP contribution in [0.3, 0.4) is 0 Å². The second-order valence-corrected chi connectivity index (χ2v) is 8.69. The Balaban J connectivity index is 1.60. The summed E-state index contributed by atoms with van der Waals surface area (Å²) in [7, 11) is -3.46. The maximum absolute atomic E-state index is 12.3. The topological polar surface area (TPSA) is 111 Å². The Hall–Kier alpha value is -2.56. The summed E-state index contributed by atoms with van der Waals surface area (Å²) in [6.45, 7) is 1.21. The minimum atomic E-state index is -3.46. The van der Waals surface area contributed by atoms with Gasteiger partial charge in [0, 0.05) is 25.5 Å². The molecule has 0 amide bonds. The Bertz CT molecular complexity index is 1060. The van der Waals surface area contributed by atoms with Crippen LogP contribution in [0.15, 0.2) is 42.9 Å². The molecule has 3 aromatic rings. The van der Waals surface area contributed by atoms with Crippen LogP contribution in [-0.4, -0.2) is 65.4 Å². The highest BCUT2D eigenvalue weighted by Gasteiger charge is 2.43. The van der Waals surface area contributed by atoms with Crippen molar-refractivity contribution in [1.29, 1.82) is 0 Å². The van der Waals surface area contributed by atoms with Gasteiger partial charge in [0.05, 0.1) is 24.2 Å². The Labute approximate surface area is 156 Å². The van der Waals surface area contributed by atoms with Gasteiger partial charge in [0.15, 0.2) is 14.8 Å². The van der Waals surface area contributed by atoms with E-state index in [0.29, 0.717) is 24.9 Å². The number of anilines is 1. The van der Waals surface area contributed by atoms with E-state index >= 15 is 0 Å². The predicted octanol–water partition coefficient (Wildman–Crippen LogP) is 0.588. The van der Waals surface area contributed by atoms with Gasteiger partial charge in [-0.25, -0.2) is 18.4 Å². The smallest absolute Gasteiger partial charge is 0.224 e. The zero-order chi connectivity index (χ0) is 18.9. The fourth-order valence-corrected chi connectivity index (χ4v) is 4.04. The summed E-state index contributed by atoms with van der Waals surface area (Å²) in [6, 6.07) is 9.51. The maximum Gasteiger partial charge on any atom is 0.224 e. The minimum absolute atomic E-state index is 0.0486. The lowest BCUT2D eigenvalue weighted by molar-refractivity contribution is 0.00394. The second-order valence-electron chi connectivity index (χ2n) is 6.40. The summed E-state index contributed by atoms with van der Waals surface area (Å²) >= 11 is 0. The molecule has 1 fully saturated rings. The van der Waals surface area contributed by atoms with Crippen molar-refractivity contribution in [3.05, 3.63) is 42.9 Å². The van der Waals surface area contributed by atoms with Crippen LogP contribution in [-0.2, 0) is 14.6 Å². The number of benzene rings is 1. The third kappa shape index (κ3) is 3.38. The molecular weight excluding hydrogens is 368 g/mol. The highest BCUT2D eigenvalue weighted by molar-refractivity contribution is 7.92. The monoisotopic (exact) mass is 388 g/mol. The van der Waals surface area contributed by atoms with Gasteiger partial charge in [0.2, 0.25) is 5.95 Å². The lowest BCUT2D eigenvalue weighted by atomic mass is 10.3. The molecular formula is C17H20N6O3S. The van der Waals surface area contributed by atoms with Gasteiger partial charge in [0.1, 0.15) is 12.1 Å². The fourth-order valence-electron chi connectivity index (χ4n) is 3.05. The first-order valence-electron chi connectivity index (χ1n) is 8.52. The molecule has 9 nitrogen and oxygen atoms in total. The normalized spacial score (nSPS) is 20.6. The van der Waals surface area contributed by atoms with Crippen molar-refractivity contribution in [2.24, 2.45) is 0 Å². The van der Waals surface area contributed by atoms with Gasteiger partial charge in [-0.2, -0.15) is 4.98 Å². The molecule has 10 heteroatoms. The number of nitrogens with zero attached hydrogens (tertiary/aromatic N) is 4. The Morgan fingerprint density at radius 2 is 2.15 bits per heavy atom. The molecule has 142 valence electrons. The fraction of sp³-hybridized carbons (Fsp3) is 0.353. The number of para-hydroxylation sites is 2. The zero-order valence-corrected chi connectivity index (χ0v) is 15.6. The van der Waals surface area contributed by atoms with Crippen LogP contribution in [0.25, 0.3) is 16.9 Å². The van der Waals surface area contributed by atoms with Gasteiger partial charge in [0.25, 0.3) is 0 Å². The number of morpholine rings is 1. The molecule has 1 aliphatic heterocycles. The second kappa shape index (κ2) is 6.87. The number of nitrogens with one attached hydrogen (secondary N) is 2. The molecule has 1 unspecified atom stereocenters. The van der Waals surface area contributed by atoms with Crippen LogP contribution in [0, 0.1) is 0 Å². The standard InChI is InChI=1S/C17H20N6O3S/c1-27(24,25)17(10-18-8-9-26-17)11-20-16-19-7-6-15(22-16)23-12-21-13-4-2-3-5-14(13)23/h2-7,12,18H,8-11H2,1H3,(H,19,20,22). The molecule has 4 rings (SSSR count). The first-order valence-corrected chi connectivity index (χ1v) is 10.4. The molecule has 0 radical (unpaired) electrons. The van der Waals surface area contributed by atoms with Crippen LogP contribution in [0.2, 0.25) is 0 Å². The van der Waals surface area contributed by atoms with Crippen LogP contribution >= 0.6 is 0 Å². The number of hydrogen-bond acceptors (Lipinski definition) is 8. The number of rotatable bonds is 5. The number of ether oxygens (including phenoxy) is 1. The third-order valence-electron chi connectivity index (χ3n) is 4.57. The van der Waals surface area contributed by atoms with E-state index in [9.17, 15) is 8.42 Å². The van der Waals surface area contributed by atoms with E-state index in [-0.39, 0.29) is 13.1 Å². The molecule has 1 aliphatic rings. The van der Waals surface area contributed by atoms with Gasteiger partial charge in [-0.3, -0.25) is 4.57 Å². The Kier molecular flexibility index (Phi) is 4.54. The molecule has 2 aromatic heterocycles. The van der Waals surface area contributed by atoms with Crippen LogP contribution < -0.4 is 10.6 Å². The maximum atomic E-state index is 12.3. The highest BCUT2D eigenvalue weighted by Crippen LogP contribution is 2.22. The van der Waals surface area contributed by atoms with Crippen molar-refractivity contribution in [3.63, 3.8) is 0 Å². The predicted molar refractivity (Wildman–Crippen MR) is 102 cm³/mol. The lowest BCUT2D eigenvalue weighted by Gasteiger charge is -2.35. The van der Waals surface area contributed by atoms with Crippen molar-refractivity contribution in [3.8, 4) is 5.82 Å². The third-order valence-corrected chi connectivity index (χ3v) is 6.33. The first kappa shape index (κ1) is 17.8. The highest BCUT2D eigenvalue weighted by atomic mass is 32.2. The quantitative estimate of drug-likeness (QED) is 0.653. The summed E-state index contributed by atoms with van der Waals surface area (Å²) < 4.78 is 32.0. The molecule has 0 bridgehead atoms. The summed E-state index contributed by atoms with van der Waals surface area (Å²) in [5.74, 6) is 0.958. The van der Waals surface area contributed by atoms with E-state index in [0.717, 1.165) is 11.0 Å². The number of fused-ring (bicyclic) bond motifs is 1. The molecule has 0 saturated carbocycles. The van der Waals surface area contributed by atoms with Crippen LogP contribution in [0.1, 0.15) is 0 Å². The SMILES string of the molecule is CS(=O)(=O)C1(CNc2nccc(-n3cnc4ccccc43)n2)CNCCO1. The van der Waals surface area contributed by atoms with Gasteiger partial charge >= 0.3 is 0 Å². The summed E-state index contributed by atoms with van der Waals surface area (Å²) in [6.07, 6.45) is 4.49. The van der Waals surface area contributed by atoms with Gasteiger partial charge in [-0.15, -0.1) is 0 Å². The van der Waals surface area contributed by atoms with E-state index in [4.69, 9.17) is 4.74 Å². The molecule has 27 heavy (non-hydrogen) atoms. The van der Waals surface area contributed by atoms with Crippen LogP contribution in [0.4, 0.5) is 5.95 Å². The zero-order valence-electron chi connectivity index (χ0n) is 14.8. The van der Waals surface area contributed by atoms with Crippen molar-refractivity contribution >= 4 is 26.8 Å². The summed E-state index contributed by atoms with van der Waals surface area (Å²) in [5.41, 5.74) is 1.79. The number of sulfone groups is 1. The summed E-state index contributed by atoms with van der Waals surface area (Å²) in [4.78, 5) is 11.7. The molecule has 0 aliphatic carbocycles. The van der Waals surface area contributed by atoms with E-state index < -0.39 is 14.8 Å². The minimum Gasteiger partial charge on any atom is -0.355 e. The molecule has 1 atom stereocenters. The van der Waals surface area contributed by atoms with Gasteiger partial charge < -0.3 is 15.4 Å². The molecule has 0 spiro atoms. The van der Waals surface area contributed by atoms with E-state index in [1.165, 1.54) is 6.26 Å². The molecule has 1 saturated heterocycles. The van der Waals surface area contributed by atoms with Crippen LogP contribution in [0.5, 0.6) is 0 Å². The average Bonchev–Trinajstić information content (AvgIpc) is 3.11. The Morgan fingerprint density at radius 1 is 1.30 bits per heavy atom. The Morgan fingerprint density at radius 3 is 2.93 bits per heavy atom. The van der Waals surface area contributed by atoms with Gasteiger partial charge in [-0.05, 0) is 18.2 Å². The van der Waals surface area contributed by atoms with Gasteiger partial charge in [-0.1, -0.05) is 12.1 Å². The lowest BCUT2D eigenvalue weighted by Crippen LogP contribution is -2.58.